The molecule has 0 saturated carbocycles. The number of aromatic nitrogens is 2. The zero-order valence-corrected chi connectivity index (χ0v) is 17.9. The second-order valence-electron chi connectivity index (χ2n) is 7.42. The van der Waals surface area contributed by atoms with E-state index in [0.717, 1.165) is 28.0 Å². The van der Waals surface area contributed by atoms with E-state index in [1.165, 1.54) is 12.1 Å². The number of carbonyl (C=O) groups is 1. The Morgan fingerprint density at radius 3 is 2.52 bits per heavy atom. The van der Waals surface area contributed by atoms with Crippen LogP contribution < -0.4 is 5.32 Å². The molecule has 0 aliphatic heterocycles. The molecule has 0 aliphatic carbocycles. The van der Waals surface area contributed by atoms with E-state index >= 15 is 0 Å². The quantitative estimate of drug-likeness (QED) is 0.405. The van der Waals surface area contributed by atoms with Crippen molar-refractivity contribution < 1.29 is 9.18 Å². The first kappa shape index (κ1) is 21.1. The van der Waals surface area contributed by atoms with Crippen LogP contribution in [-0.2, 0) is 17.8 Å². The number of amides is 1. The van der Waals surface area contributed by atoms with Crippen molar-refractivity contribution in [1.29, 1.82) is 0 Å². The summed E-state index contributed by atoms with van der Waals surface area (Å²) in [6, 6.07) is 21.2. The molecule has 3 aromatic carbocycles. The third-order valence-electron chi connectivity index (χ3n) is 5.36. The normalized spacial score (nSPS) is 12.1. The SMILES string of the molecule is CCC(C(=O)NCc1ccc(F)cc1)n1c(Cc2ccccc2Cl)nc2ccccc21. The van der Waals surface area contributed by atoms with Gasteiger partial charge in [0.2, 0.25) is 5.91 Å². The molecule has 4 aromatic rings. The average Bonchev–Trinajstić information content (AvgIpc) is 3.13. The van der Waals surface area contributed by atoms with Gasteiger partial charge in [0.05, 0.1) is 11.0 Å². The highest BCUT2D eigenvalue weighted by atomic mass is 35.5. The molecule has 1 amide bonds. The van der Waals surface area contributed by atoms with Crippen molar-refractivity contribution in [2.24, 2.45) is 0 Å². The predicted octanol–water partition coefficient (Wildman–Crippen LogP) is 5.69. The van der Waals surface area contributed by atoms with Gasteiger partial charge in [-0.15, -0.1) is 0 Å². The summed E-state index contributed by atoms with van der Waals surface area (Å²) in [7, 11) is 0. The van der Waals surface area contributed by atoms with Gasteiger partial charge in [0.1, 0.15) is 17.7 Å². The highest BCUT2D eigenvalue weighted by Gasteiger charge is 2.24. The van der Waals surface area contributed by atoms with Gasteiger partial charge >= 0.3 is 0 Å². The first-order valence-corrected chi connectivity index (χ1v) is 10.7. The Balaban J connectivity index is 1.65. The van der Waals surface area contributed by atoms with Crippen LogP contribution in [-0.4, -0.2) is 15.5 Å². The minimum Gasteiger partial charge on any atom is -0.350 e. The van der Waals surface area contributed by atoms with E-state index in [1.54, 1.807) is 12.1 Å². The van der Waals surface area contributed by atoms with Crippen molar-refractivity contribution in [3.05, 3.63) is 101 Å². The van der Waals surface area contributed by atoms with Crippen LogP contribution in [0.2, 0.25) is 5.02 Å². The number of carbonyl (C=O) groups excluding carboxylic acids is 1. The number of hydrogen-bond acceptors (Lipinski definition) is 2. The molecule has 0 saturated heterocycles. The van der Waals surface area contributed by atoms with Crippen LogP contribution in [0.25, 0.3) is 11.0 Å². The lowest BCUT2D eigenvalue weighted by atomic mass is 10.1. The van der Waals surface area contributed by atoms with E-state index in [9.17, 15) is 9.18 Å². The van der Waals surface area contributed by atoms with Crippen LogP contribution >= 0.6 is 11.6 Å². The fraction of sp³-hybridized carbons (Fsp3) is 0.200. The number of imidazole rings is 1. The molecule has 1 atom stereocenters. The first-order chi connectivity index (χ1) is 15.1. The second-order valence-corrected chi connectivity index (χ2v) is 7.83. The van der Waals surface area contributed by atoms with Gasteiger partial charge in [0.25, 0.3) is 0 Å². The van der Waals surface area contributed by atoms with Crippen LogP contribution in [0.15, 0.2) is 72.8 Å². The van der Waals surface area contributed by atoms with Crippen molar-refractivity contribution in [1.82, 2.24) is 14.9 Å². The fourth-order valence-electron chi connectivity index (χ4n) is 3.77. The lowest BCUT2D eigenvalue weighted by molar-refractivity contribution is -0.124. The summed E-state index contributed by atoms with van der Waals surface area (Å²) >= 11 is 6.39. The largest absolute Gasteiger partial charge is 0.350 e. The lowest BCUT2D eigenvalue weighted by Gasteiger charge is -2.20. The van der Waals surface area contributed by atoms with Gasteiger partial charge in [-0.25, -0.2) is 9.37 Å². The monoisotopic (exact) mass is 435 g/mol. The van der Waals surface area contributed by atoms with Crippen molar-refractivity contribution >= 4 is 28.5 Å². The molecule has 0 aliphatic rings. The highest BCUT2D eigenvalue weighted by molar-refractivity contribution is 6.31. The van der Waals surface area contributed by atoms with Crippen molar-refractivity contribution in [2.45, 2.75) is 32.4 Å². The first-order valence-electron chi connectivity index (χ1n) is 10.3. The second kappa shape index (κ2) is 9.31. The molecule has 4 rings (SSSR count). The van der Waals surface area contributed by atoms with Crippen LogP contribution in [0.5, 0.6) is 0 Å². The number of halogens is 2. The van der Waals surface area contributed by atoms with Gasteiger partial charge in [-0.05, 0) is 47.9 Å². The third kappa shape index (κ3) is 4.62. The molecule has 1 N–H and O–H groups in total. The number of nitrogens with zero attached hydrogens (tertiary/aromatic N) is 2. The Hall–Kier alpha value is -3.18. The van der Waals surface area contributed by atoms with Crippen molar-refractivity contribution in [3.8, 4) is 0 Å². The van der Waals surface area contributed by atoms with Crippen molar-refractivity contribution in [2.75, 3.05) is 0 Å². The van der Waals surface area contributed by atoms with Crippen LogP contribution in [0.3, 0.4) is 0 Å². The van der Waals surface area contributed by atoms with E-state index < -0.39 is 6.04 Å². The Labute approximate surface area is 185 Å². The van der Waals surface area contributed by atoms with Gasteiger partial charge in [-0.3, -0.25) is 4.79 Å². The zero-order valence-electron chi connectivity index (χ0n) is 17.2. The van der Waals surface area contributed by atoms with Crippen LogP contribution in [0.1, 0.15) is 36.3 Å². The summed E-state index contributed by atoms with van der Waals surface area (Å²) < 4.78 is 15.2. The predicted molar refractivity (Wildman–Crippen MR) is 122 cm³/mol. The molecule has 1 unspecified atom stereocenters. The van der Waals surface area contributed by atoms with Gasteiger partial charge in [-0.1, -0.05) is 61.0 Å². The standard InChI is InChI=1S/C25H23ClFN3O/c1-2-22(25(31)28-16-17-11-13-19(27)14-12-17)30-23-10-6-5-9-21(23)29-24(30)15-18-7-3-4-8-20(18)26/h3-14,22H,2,15-16H2,1H3,(H,28,31). The Morgan fingerprint density at radius 2 is 1.77 bits per heavy atom. The molecule has 31 heavy (non-hydrogen) atoms. The van der Waals surface area contributed by atoms with Gasteiger partial charge < -0.3 is 9.88 Å². The molecule has 158 valence electrons. The third-order valence-corrected chi connectivity index (χ3v) is 5.73. The molecular formula is C25H23ClFN3O. The summed E-state index contributed by atoms with van der Waals surface area (Å²) in [5.41, 5.74) is 3.56. The van der Waals surface area contributed by atoms with Crippen LogP contribution in [0, 0.1) is 5.82 Å². The van der Waals surface area contributed by atoms with Crippen molar-refractivity contribution in [3.63, 3.8) is 0 Å². The van der Waals surface area contributed by atoms with E-state index in [0.29, 0.717) is 24.4 Å². The maximum Gasteiger partial charge on any atom is 0.243 e. The summed E-state index contributed by atoms with van der Waals surface area (Å²) in [6.07, 6.45) is 1.13. The number of benzene rings is 3. The Bertz CT molecular complexity index is 1200. The average molecular weight is 436 g/mol. The number of fused-ring (bicyclic) bond motifs is 1. The summed E-state index contributed by atoms with van der Waals surface area (Å²) in [4.78, 5) is 18.0. The molecule has 4 nitrogen and oxygen atoms in total. The van der Waals surface area contributed by atoms with E-state index in [1.807, 2.05) is 60.0 Å². The van der Waals surface area contributed by atoms with E-state index in [4.69, 9.17) is 16.6 Å². The number of nitrogens with one attached hydrogen (secondary N) is 1. The summed E-state index contributed by atoms with van der Waals surface area (Å²) in [5, 5.41) is 3.66. The van der Waals surface area contributed by atoms with Gasteiger partial charge in [-0.2, -0.15) is 0 Å². The molecular weight excluding hydrogens is 413 g/mol. The molecule has 0 spiro atoms. The molecule has 0 fully saturated rings. The minimum absolute atomic E-state index is 0.101. The molecule has 6 heteroatoms. The smallest absolute Gasteiger partial charge is 0.243 e. The van der Waals surface area contributed by atoms with E-state index in [2.05, 4.69) is 5.32 Å². The maximum absolute atomic E-state index is 13.2. The Morgan fingerprint density at radius 1 is 1.06 bits per heavy atom. The zero-order chi connectivity index (χ0) is 21.8. The molecule has 0 radical (unpaired) electrons. The summed E-state index contributed by atoms with van der Waals surface area (Å²) in [6.45, 7) is 2.32. The Kier molecular flexibility index (Phi) is 6.33. The minimum atomic E-state index is -0.426. The molecule has 1 heterocycles. The number of hydrogen-bond donors (Lipinski definition) is 1. The van der Waals surface area contributed by atoms with Crippen LogP contribution in [0.4, 0.5) is 4.39 Å². The summed E-state index contributed by atoms with van der Waals surface area (Å²) in [5.74, 6) is 0.393. The topological polar surface area (TPSA) is 46.9 Å². The molecule has 0 bridgehead atoms. The van der Waals surface area contributed by atoms with E-state index in [-0.39, 0.29) is 11.7 Å². The van der Waals surface area contributed by atoms with Gasteiger partial charge in [0, 0.05) is 18.0 Å². The molecule has 1 aromatic heterocycles. The van der Waals surface area contributed by atoms with Gasteiger partial charge in [0.15, 0.2) is 0 Å². The lowest BCUT2D eigenvalue weighted by Crippen LogP contribution is -2.32. The fourth-order valence-corrected chi connectivity index (χ4v) is 3.98. The number of rotatable bonds is 7. The highest BCUT2D eigenvalue weighted by Crippen LogP contribution is 2.27. The number of para-hydroxylation sites is 2. The maximum atomic E-state index is 13.2.